The van der Waals surface area contributed by atoms with E-state index < -0.39 is 0 Å². The molecule has 2 heterocycles. The van der Waals surface area contributed by atoms with Crippen molar-refractivity contribution in [3.63, 3.8) is 0 Å². The van der Waals surface area contributed by atoms with E-state index in [9.17, 15) is 4.79 Å². The smallest absolute Gasteiger partial charge is 0.229 e. The first-order valence-corrected chi connectivity index (χ1v) is 8.79. The third-order valence-electron chi connectivity index (χ3n) is 5.09. The van der Waals surface area contributed by atoms with Crippen molar-refractivity contribution in [1.82, 2.24) is 10.1 Å². The molecule has 0 N–H and O–H groups in total. The number of aromatic nitrogens is 2. The highest BCUT2D eigenvalue weighted by molar-refractivity contribution is 6.00. The van der Waals surface area contributed by atoms with E-state index in [1.807, 2.05) is 6.07 Å². The van der Waals surface area contributed by atoms with E-state index in [0.717, 1.165) is 56.2 Å². The quantitative estimate of drug-likeness (QED) is 0.796. The molecule has 0 amide bonds. The first-order valence-electron chi connectivity index (χ1n) is 8.79. The summed E-state index contributed by atoms with van der Waals surface area (Å²) in [6.45, 7) is 3.19. The van der Waals surface area contributed by atoms with Crippen molar-refractivity contribution < 1.29 is 9.32 Å². The van der Waals surface area contributed by atoms with Gasteiger partial charge in [0, 0.05) is 36.2 Å². The summed E-state index contributed by atoms with van der Waals surface area (Å²) in [4.78, 5) is 18.7. The number of nitriles is 1. The first kappa shape index (κ1) is 15.8. The minimum atomic E-state index is 0.0221. The second kappa shape index (κ2) is 6.32. The van der Waals surface area contributed by atoms with Crippen LogP contribution >= 0.6 is 0 Å². The van der Waals surface area contributed by atoms with E-state index in [4.69, 9.17) is 9.78 Å². The van der Waals surface area contributed by atoms with Crippen LogP contribution in [0, 0.1) is 11.3 Å². The average molecular weight is 336 g/mol. The highest BCUT2D eigenvalue weighted by Gasteiger charge is 2.32. The van der Waals surface area contributed by atoms with Crippen LogP contribution in [-0.2, 0) is 0 Å². The Bertz CT molecular complexity index is 839. The van der Waals surface area contributed by atoms with Crippen LogP contribution in [0.2, 0.25) is 0 Å². The summed E-state index contributed by atoms with van der Waals surface area (Å²) in [5, 5.41) is 13.3. The molecule has 0 atom stereocenters. The summed E-state index contributed by atoms with van der Waals surface area (Å²) in [5.41, 5.74) is 2.11. The van der Waals surface area contributed by atoms with Gasteiger partial charge in [-0.15, -0.1) is 0 Å². The van der Waals surface area contributed by atoms with Gasteiger partial charge in [0.1, 0.15) is 0 Å². The Morgan fingerprint density at radius 2 is 2.00 bits per heavy atom. The predicted molar refractivity (Wildman–Crippen MR) is 91.6 cm³/mol. The number of hydrogen-bond acceptors (Lipinski definition) is 6. The molecule has 2 fully saturated rings. The third-order valence-corrected chi connectivity index (χ3v) is 5.09. The largest absolute Gasteiger partial charge is 0.371 e. The molecule has 1 aliphatic carbocycles. The maximum atomic E-state index is 11.9. The highest BCUT2D eigenvalue weighted by atomic mass is 16.5. The number of benzene rings is 1. The van der Waals surface area contributed by atoms with E-state index in [2.05, 4.69) is 21.1 Å². The van der Waals surface area contributed by atoms with Gasteiger partial charge < -0.3 is 9.42 Å². The van der Waals surface area contributed by atoms with E-state index in [1.165, 1.54) is 0 Å². The van der Waals surface area contributed by atoms with Crippen molar-refractivity contribution in [1.29, 1.82) is 5.26 Å². The minimum Gasteiger partial charge on any atom is -0.371 e. The van der Waals surface area contributed by atoms with Crippen molar-refractivity contribution in [3.05, 3.63) is 41.0 Å². The van der Waals surface area contributed by atoms with Crippen molar-refractivity contribution in [2.24, 2.45) is 0 Å². The van der Waals surface area contributed by atoms with Gasteiger partial charge in [0.05, 0.1) is 11.6 Å². The molecule has 1 aromatic heterocycles. The molecule has 1 aliphatic heterocycles. The molecular weight excluding hydrogens is 316 g/mol. The monoisotopic (exact) mass is 336 g/mol. The third kappa shape index (κ3) is 3.14. The van der Waals surface area contributed by atoms with Gasteiger partial charge in [-0.2, -0.15) is 10.2 Å². The molecule has 6 nitrogen and oxygen atoms in total. The number of hydrogen-bond donors (Lipinski definition) is 0. The lowest BCUT2D eigenvalue weighted by Crippen LogP contribution is -2.34. The van der Waals surface area contributed by atoms with E-state index in [0.29, 0.717) is 23.0 Å². The molecule has 0 unspecified atom stereocenters. The SMILES string of the molecule is CC(=O)c1ccc(C#N)cc1N1CCC(c2noc(C3CC3)n2)CC1. The minimum absolute atomic E-state index is 0.0221. The van der Waals surface area contributed by atoms with Crippen LogP contribution in [0.3, 0.4) is 0 Å². The fourth-order valence-electron chi connectivity index (χ4n) is 3.45. The van der Waals surface area contributed by atoms with Gasteiger partial charge in [-0.25, -0.2) is 0 Å². The fraction of sp³-hybridized carbons (Fsp3) is 0.474. The summed E-state index contributed by atoms with van der Waals surface area (Å²) < 4.78 is 5.38. The average Bonchev–Trinajstić information content (AvgIpc) is 3.38. The Kier molecular flexibility index (Phi) is 4.00. The van der Waals surface area contributed by atoms with Crippen LogP contribution in [-0.4, -0.2) is 29.0 Å². The van der Waals surface area contributed by atoms with Crippen LogP contribution in [0.5, 0.6) is 0 Å². The van der Waals surface area contributed by atoms with Crippen LogP contribution < -0.4 is 4.90 Å². The summed E-state index contributed by atoms with van der Waals surface area (Å²) in [6.07, 6.45) is 4.14. The van der Waals surface area contributed by atoms with Gasteiger partial charge in [0.15, 0.2) is 11.6 Å². The normalized spacial score (nSPS) is 18.2. The Morgan fingerprint density at radius 1 is 1.24 bits per heavy atom. The van der Waals surface area contributed by atoms with Gasteiger partial charge in [0.25, 0.3) is 0 Å². The number of carbonyl (C=O) groups excluding carboxylic acids is 1. The molecule has 1 saturated heterocycles. The standard InChI is InChI=1S/C19H20N4O2/c1-12(24)16-5-2-13(11-20)10-17(16)23-8-6-14(7-9-23)18-21-19(25-22-18)15-3-4-15/h2,5,10,14-15H,3-4,6-9H2,1H3. The van der Waals surface area contributed by atoms with Gasteiger partial charge in [0.2, 0.25) is 5.89 Å². The lowest BCUT2D eigenvalue weighted by atomic mass is 9.94. The van der Waals surface area contributed by atoms with Crippen molar-refractivity contribution >= 4 is 11.5 Å². The van der Waals surface area contributed by atoms with Gasteiger partial charge in [-0.1, -0.05) is 5.16 Å². The van der Waals surface area contributed by atoms with Crippen LogP contribution in [0.1, 0.15) is 72.1 Å². The molecule has 0 bridgehead atoms. The number of Topliss-reactive ketones (excluding diaryl/α,β-unsaturated/α-hetero) is 1. The highest BCUT2D eigenvalue weighted by Crippen LogP contribution is 2.40. The van der Waals surface area contributed by atoms with Crippen LogP contribution in [0.4, 0.5) is 5.69 Å². The number of ketones is 1. The van der Waals surface area contributed by atoms with E-state index in [1.54, 1.807) is 19.1 Å². The van der Waals surface area contributed by atoms with E-state index >= 15 is 0 Å². The number of nitrogens with zero attached hydrogens (tertiary/aromatic N) is 4. The topological polar surface area (TPSA) is 83.0 Å². The Morgan fingerprint density at radius 3 is 2.64 bits per heavy atom. The first-order chi connectivity index (χ1) is 12.2. The maximum absolute atomic E-state index is 11.9. The molecule has 25 heavy (non-hydrogen) atoms. The predicted octanol–water partition coefficient (Wildman–Crippen LogP) is 3.41. The van der Waals surface area contributed by atoms with Gasteiger partial charge >= 0.3 is 0 Å². The zero-order valence-corrected chi connectivity index (χ0v) is 14.2. The Labute approximate surface area is 146 Å². The van der Waals surface area contributed by atoms with E-state index in [-0.39, 0.29) is 5.78 Å². The molecule has 1 saturated carbocycles. The molecule has 0 spiro atoms. The molecule has 128 valence electrons. The molecular formula is C19H20N4O2. The van der Waals surface area contributed by atoms with Crippen LogP contribution in [0.25, 0.3) is 0 Å². The van der Waals surface area contributed by atoms with Gasteiger partial charge in [-0.05, 0) is 50.8 Å². The second-order valence-electron chi connectivity index (χ2n) is 6.93. The fourth-order valence-corrected chi connectivity index (χ4v) is 3.45. The molecule has 6 heteroatoms. The number of piperidine rings is 1. The molecule has 1 aromatic carbocycles. The Balaban J connectivity index is 1.49. The summed E-state index contributed by atoms with van der Waals surface area (Å²) in [6, 6.07) is 7.43. The molecule has 4 rings (SSSR count). The van der Waals surface area contributed by atoms with Crippen LogP contribution in [0.15, 0.2) is 22.7 Å². The van der Waals surface area contributed by atoms with Crippen molar-refractivity contribution in [2.75, 3.05) is 18.0 Å². The lowest BCUT2D eigenvalue weighted by molar-refractivity contribution is 0.101. The lowest BCUT2D eigenvalue weighted by Gasteiger charge is -2.33. The zero-order valence-electron chi connectivity index (χ0n) is 14.2. The molecule has 0 radical (unpaired) electrons. The number of carbonyl (C=O) groups is 1. The number of anilines is 1. The molecule has 2 aromatic rings. The van der Waals surface area contributed by atoms with Crippen molar-refractivity contribution in [2.45, 2.75) is 44.4 Å². The maximum Gasteiger partial charge on any atom is 0.229 e. The summed E-state index contributed by atoms with van der Waals surface area (Å²) in [7, 11) is 0. The summed E-state index contributed by atoms with van der Waals surface area (Å²) >= 11 is 0. The van der Waals surface area contributed by atoms with Gasteiger partial charge in [-0.3, -0.25) is 4.79 Å². The Hall–Kier alpha value is -2.68. The second-order valence-corrected chi connectivity index (χ2v) is 6.93. The zero-order chi connectivity index (χ0) is 17.4. The summed E-state index contributed by atoms with van der Waals surface area (Å²) in [5.74, 6) is 2.41. The van der Waals surface area contributed by atoms with Crippen molar-refractivity contribution in [3.8, 4) is 6.07 Å². The number of rotatable bonds is 4. The molecule has 2 aliphatic rings.